The smallest absolute Gasteiger partial charge is 0.373 e. The van der Waals surface area contributed by atoms with Crippen molar-refractivity contribution in [1.29, 1.82) is 0 Å². The summed E-state index contributed by atoms with van der Waals surface area (Å²) in [6, 6.07) is 16.0. The van der Waals surface area contributed by atoms with Crippen LogP contribution in [-0.2, 0) is 16.3 Å². The largest absolute Gasteiger partial charge is 0.416 e. The van der Waals surface area contributed by atoms with Crippen molar-refractivity contribution in [2.24, 2.45) is 0 Å². The first-order valence-electron chi connectivity index (χ1n) is 10.6. The van der Waals surface area contributed by atoms with Crippen LogP contribution in [0.2, 0.25) is 0 Å². The van der Waals surface area contributed by atoms with E-state index in [-0.39, 0.29) is 5.41 Å². The summed E-state index contributed by atoms with van der Waals surface area (Å²) in [5, 5.41) is 0.472. The number of aromatic nitrogens is 1. The highest BCUT2D eigenvalue weighted by atomic mass is 19.4. The second kappa shape index (κ2) is 8.60. The lowest BCUT2D eigenvalue weighted by Crippen LogP contribution is -2.44. The summed E-state index contributed by atoms with van der Waals surface area (Å²) in [6.45, 7) is 4.19. The Labute approximate surface area is 180 Å². The molecule has 0 N–H and O–H groups in total. The predicted octanol–water partition coefficient (Wildman–Crippen LogP) is 5.99. The molecular weight excluding hydrogens is 401 g/mol. The van der Waals surface area contributed by atoms with Gasteiger partial charge in [-0.05, 0) is 63.7 Å². The molecular formula is C25H27F3N2O. The van der Waals surface area contributed by atoms with E-state index in [1.165, 1.54) is 11.6 Å². The average molecular weight is 428 g/mol. The number of rotatable bonds is 5. The lowest BCUT2D eigenvalue weighted by atomic mass is 9.73. The topological polar surface area (TPSA) is 25.4 Å². The molecule has 2 heterocycles. The van der Waals surface area contributed by atoms with Crippen molar-refractivity contribution in [1.82, 2.24) is 9.88 Å². The molecule has 1 atom stereocenters. The molecule has 31 heavy (non-hydrogen) atoms. The van der Waals surface area contributed by atoms with Gasteiger partial charge in [0.15, 0.2) is 0 Å². The summed E-state index contributed by atoms with van der Waals surface area (Å²) in [6.07, 6.45) is -1.43. The van der Waals surface area contributed by atoms with Crippen molar-refractivity contribution in [2.45, 2.75) is 37.5 Å². The lowest BCUT2D eigenvalue weighted by Gasteiger charge is -2.41. The van der Waals surface area contributed by atoms with Crippen LogP contribution in [0.3, 0.4) is 0 Å². The molecule has 0 aliphatic carbocycles. The van der Waals surface area contributed by atoms with Crippen molar-refractivity contribution in [2.75, 3.05) is 26.7 Å². The van der Waals surface area contributed by atoms with E-state index >= 15 is 0 Å². The maximum atomic E-state index is 13.5. The molecule has 0 radical (unpaired) electrons. The van der Waals surface area contributed by atoms with E-state index in [9.17, 15) is 13.2 Å². The molecule has 4 rings (SSSR count). The molecule has 0 spiro atoms. The number of hydrogen-bond donors (Lipinski definition) is 0. The number of alkyl halides is 3. The molecule has 6 heteroatoms. The minimum atomic E-state index is -4.42. The quantitative estimate of drug-likeness (QED) is 0.499. The van der Waals surface area contributed by atoms with Crippen molar-refractivity contribution >= 4 is 10.9 Å². The molecule has 0 amide bonds. The van der Waals surface area contributed by atoms with Gasteiger partial charge in [-0.25, -0.2) is 0 Å². The second-order valence-corrected chi connectivity index (χ2v) is 8.54. The molecule has 0 bridgehead atoms. The fraction of sp³-hybridized carbons (Fsp3) is 0.400. The molecule has 1 saturated heterocycles. The van der Waals surface area contributed by atoms with Crippen LogP contribution in [0.1, 0.15) is 42.6 Å². The van der Waals surface area contributed by atoms with E-state index in [1.807, 2.05) is 25.1 Å². The van der Waals surface area contributed by atoms with Crippen LogP contribution >= 0.6 is 0 Å². The van der Waals surface area contributed by atoms with Gasteiger partial charge in [0.05, 0.1) is 23.8 Å². The van der Waals surface area contributed by atoms with E-state index in [1.54, 1.807) is 18.3 Å². The zero-order chi connectivity index (χ0) is 22.1. The number of pyridine rings is 1. The highest BCUT2D eigenvalue weighted by Crippen LogP contribution is 2.39. The third-order valence-electron chi connectivity index (χ3n) is 6.44. The Morgan fingerprint density at radius 2 is 1.77 bits per heavy atom. The van der Waals surface area contributed by atoms with E-state index in [0.29, 0.717) is 23.1 Å². The third kappa shape index (κ3) is 4.60. The Hall–Kier alpha value is -2.44. The van der Waals surface area contributed by atoms with E-state index in [2.05, 4.69) is 29.1 Å². The maximum absolute atomic E-state index is 13.5. The van der Waals surface area contributed by atoms with Crippen LogP contribution in [0.15, 0.2) is 60.8 Å². The minimum absolute atomic E-state index is 0.146. The predicted molar refractivity (Wildman–Crippen MR) is 116 cm³/mol. The Balaban J connectivity index is 1.64. The van der Waals surface area contributed by atoms with Crippen LogP contribution in [0.25, 0.3) is 10.9 Å². The molecule has 1 aliphatic rings. The number of likely N-dealkylation sites (tertiary alicyclic amines) is 1. The number of ether oxygens (including phenoxy) is 1. The number of fused-ring (bicyclic) bond motifs is 1. The number of halogens is 3. The monoisotopic (exact) mass is 428 g/mol. The fourth-order valence-electron chi connectivity index (χ4n) is 4.42. The number of benzene rings is 2. The first-order chi connectivity index (χ1) is 14.8. The molecule has 2 aromatic carbocycles. The standard InChI is InChI=1S/C25H27F3N2O/c1-18(22-16-21(25(26,27)28)15-19-7-6-12-29-23(19)22)31-17-24(10-13-30(2)14-11-24)20-8-4-3-5-9-20/h3-9,12,15-16,18H,10-11,13-14,17H2,1-2H3. The Kier molecular flexibility index (Phi) is 6.04. The summed E-state index contributed by atoms with van der Waals surface area (Å²) < 4.78 is 46.8. The molecule has 3 aromatic rings. The molecule has 0 saturated carbocycles. The van der Waals surface area contributed by atoms with E-state index < -0.39 is 17.8 Å². The van der Waals surface area contributed by atoms with E-state index in [0.717, 1.165) is 32.0 Å². The highest BCUT2D eigenvalue weighted by molar-refractivity contribution is 5.83. The second-order valence-electron chi connectivity index (χ2n) is 8.54. The van der Waals surface area contributed by atoms with Gasteiger partial charge in [-0.15, -0.1) is 0 Å². The van der Waals surface area contributed by atoms with Crippen LogP contribution in [0.5, 0.6) is 0 Å². The van der Waals surface area contributed by atoms with Crippen molar-refractivity contribution in [3.63, 3.8) is 0 Å². The normalized spacial score (nSPS) is 18.2. The summed E-state index contributed by atoms with van der Waals surface area (Å²) in [7, 11) is 2.11. The van der Waals surface area contributed by atoms with Gasteiger partial charge >= 0.3 is 6.18 Å². The number of hydrogen-bond acceptors (Lipinski definition) is 3. The van der Waals surface area contributed by atoms with Gasteiger partial charge in [-0.2, -0.15) is 13.2 Å². The first kappa shape index (κ1) is 21.8. The van der Waals surface area contributed by atoms with Crippen molar-refractivity contribution < 1.29 is 17.9 Å². The van der Waals surface area contributed by atoms with Crippen LogP contribution in [0, 0.1) is 0 Å². The summed E-state index contributed by atoms with van der Waals surface area (Å²) in [5.41, 5.74) is 1.44. The SMILES string of the molecule is CC(OCC1(c2ccccc2)CCN(C)CC1)c1cc(C(F)(F)F)cc2cccnc12. The van der Waals surface area contributed by atoms with E-state index in [4.69, 9.17) is 4.74 Å². The van der Waals surface area contributed by atoms with Gasteiger partial charge in [0.1, 0.15) is 0 Å². The zero-order valence-electron chi connectivity index (χ0n) is 17.8. The molecule has 1 fully saturated rings. The fourth-order valence-corrected chi connectivity index (χ4v) is 4.42. The summed E-state index contributed by atoms with van der Waals surface area (Å²) in [5.74, 6) is 0. The summed E-state index contributed by atoms with van der Waals surface area (Å²) >= 11 is 0. The maximum Gasteiger partial charge on any atom is 0.416 e. The Morgan fingerprint density at radius 1 is 1.06 bits per heavy atom. The number of nitrogens with zero attached hydrogens (tertiary/aromatic N) is 2. The first-order valence-corrected chi connectivity index (χ1v) is 10.6. The lowest BCUT2D eigenvalue weighted by molar-refractivity contribution is -0.137. The zero-order valence-corrected chi connectivity index (χ0v) is 17.8. The average Bonchev–Trinajstić information content (AvgIpc) is 2.78. The molecule has 1 aromatic heterocycles. The molecule has 1 aliphatic heterocycles. The van der Waals surface area contributed by atoms with Gasteiger partial charge in [0.2, 0.25) is 0 Å². The Bertz CT molecular complexity index is 1030. The van der Waals surface area contributed by atoms with Gasteiger partial charge in [0, 0.05) is 22.6 Å². The van der Waals surface area contributed by atoms with Crippen molar-refractivity contribution in [3.05, 3.63) is 77.5 Å². The van der Waals surface area contributed by atoms with Crippen LogP contribution < -0.4 is 0 Å². The molecule has 3 nitrogen and oxygen atoms in total. The molecule has 1 unspecified atom stereocenters. The Morgan fingerprint density at radius 3 is 2.45 bits per heavy atom. The minimum Gasteiger partial charge on any atom is -0.373 e. The van der Waals surface area contributed by atoms with Gasteiger partial charge in [-0.1, -0.05) is 36.4 Å². The summed E-state index contributed by atoms with van der Waals surface area (Å²) in [4.78, 5) is 6.65. The van der Waals surface area contributed by atoms with Crippen LogP contribution in [-0.4, -0.2) is 36.6 Å². The van der Waals surface area contributed by atoms with Gasteiger partial charge in [0.25, 0.3) is 0 Å². The van der Waals surface area contributed by atoms with Crippen LogP contribution in [0.4, 0.5) is 13.2 Å². The van der Waals surface area contributed by atoms with Gasteiger partial charge in [-0.3, -0.25) is 4.98 Å². The van der Waals surface area contributed by atoms with Gasteiger partial charge < -0.3 is 9.64 Å². The number of piperidine rings is 1. The highest BCUT2D eigenvalue weighted by Gasteiger charge is 2.37. The van der Waals surface area contributed by atoms with Crippen molar-refractivity contribution in [3.8, 4) is 0 Å². The molecule has 164 valence electrons. The third-order valence-corrected chi connectivity index (χ3v) is 6.44.